The lowest BCUT2D eigenvalue weighted by molar-refractivity contribution is 0.367. The Morgan fingerprint density at radius 3 is 2.67 bits per heavy atom. The molecule has 27 heavy (non-hydrogen) atoms. The minimum absolute atomic E-state index is 0.0123. The molecule has 0 aliphatic carbocycles. The summed E-state index contributed by atoms with van der Waals surface area (Å²) in [5.41, 5.74) is 9.20. The number of benzene rings is 2. The van der Waals surface area contributed by atoms with Crippen molar-refractivity contribution in [3.8, 4) is 17.6 Å². The number of aromatic nitrogens is 2. The van der Waals surface area contributed by atoms with Crippen LogP contribution in [-0.4, -0.2) is 9.78 Å². The van der Waals surface area contributed by atoms with Crippen molar-refractivity contribution in [2.45, 2.75) is 12.8 Å². The Kier molecular flexibility index (Phi) is 4.09. The van der Waals surface area contributed by atoms with Crippen molar-refractivity contribution in [1.82, 2.24) is 9.78 Å². The summed E-state index contributed by atoms with van der Waals surface area (Å²) in [4.78, 5) is 0. The molecule has 1 atom stereocenters. The summed E-state index contributed by atoms with van der Waals surface area (Å²) in [7, 11) is 0. The van der Waals surface area contributed by atoms with Crippen LogP contribution in [0.1, 0.15) is 22.7 Å². The molecule has 1 aromatic heterocycles. The average Bonchev–Trinajstić information content (AvgIpc) is 2.97. The zero-order chi connectivity index (χ0) is 19.1. The third-order valence-corrected chi connectivity index (χ3v) is 4.72. The van der Waals surface area contributed by atoms with Gasteiger partial charge in [0, 0.05) is 5.02 Å². The Hall–Kier alpha value is -3.30. The summed E-state index contributed by atoms with van der Waals surface area (Å²) in [5, 5.41) is 14.8. The summed E-state index contributed by atoms with van der Waals surface area (Å²) in [6, 6.07) is 15.3. The highest BCUT2D eigenvalue weighted by atomic mass is 35.5. The van der Waals surface area contributed by atoms with Crippen LogP contribution < -0.4 is 10.5 Å². The number of allylic oxidation sites excluding steroid dienone is 1. The van der Waals surface area contributed by atoms with Crippen LogP contribution in [-0.2, 0) is 0 Å². The summed E-state index contributed by atoms with van der Waals surface area (Å²) >= 11 is 6.16. The molecule has 4 rings (SSSR count). The van der Waals surface area contributed by atoms with Gasteiger partial charge in [0.2, 0.25) is 11.8 Å². The van der Waals surface area contributed by atoms with E-state index in [1.54, 1.807) is 28.9 Å². The van der Waals surface area contributed by atoms with Crippen LogP contribution in [0.5, 0.6) is 5.88 Å². The predicted molar refractivity (Wildman–Crippen MR) is 99.0 cm³/mol. The van der Waals surface area contributed by atoms with E-state index < -0.39 is 5.92 Å². The SMILES string of the molecule is Cc1nn(-c2ccc(F)cc2)c2c1C(c1cccc(Cl)c1)C(C#N)=C(N)O2. The van der Waals surface area contributed by atoms with E-state index >= 15 is 0 Å². The summed E-state index contributed by atoms with van der Waals surface area (Å²) in [5.74, 6) is -0.383. The van der Waals surface area contributed by atoms with Gasteiger partial charge >= 0.3 is 0 Å². The Labute approximate surface area is 160 Å². The largest absolute Gasteiger partial charge is 0.422 e. The second-order valence-corrected chi connectivity index (χ2v) is 6.61. The maximum atomic E-state index is 13.3. The minimum Gasteiger partial charge on any atom is -0.422 e. The highest BCUT2D eigenvalue weighted by Gasteiger charge is 2.36. The fourth-order valence-corrected chi connectivity index (χ4v) is 3.49. The van der Waals surface area contributed by atoms with Gasteiger partial charge in [0.15, 0.2) is 0 Å². The molecule has 0 saturated carbocycles. The van der Waals surface area contributed by atoms with Crippen LogP contribution in [0.25, 0.3) is 5.69 Å². The second-order valence-electron chi connectivity index (χ2n) is 6.17. The van der Waals surface area contributed by atoms with Crippen LogP contribution in [0, 0.1) is 24.1 Å². The van der Waals surface area contributed by atoms with Crippen LogP contribution in [0.15, 0.2) is 60.0 Å². The lowest BCUT2D eigenvalue weighted by atomic mass is 9.84. The zero-order valence-electron chi connectivity index (χ0n) is 14.3. The monoisotopic (exact) mass is 380 g/mol. The highest BCUT2D eigenvalue weighted by molar-refractivity contribution is 6.30. The lowest BCUT2D eigenvalue weighted by Gasteiger charge is -2.25. The molecular weight excluding hydrogens is 367 g/mol. The second kappa shape index (κ2) is 6.45. The zero-order valence-corrected chi connectivity index (χ0v) is 15.0. The number of halogens is 2. The molecular formula is C20H14ClFN4O. The van der Waals surface area contributed by atoms with Crippen LogP contribution >= 0.6 is 11.6 Å². The van der Waals surface area contributed by atoms with Crippen molar-refractivity contribution in [3.63, 3.8) is 0 Å². The number of aryl methyl sites for hydroxylation is 1. The first kappa shape index (κ1) is 17.1. The van der Waals surface area contributed by atoms with Gasteiger partial charge in [-0.1, -0.05) is 23.7 Å². The molecule has 0 saturated heterocycles. The van der Waals surface area contributed by atoms with Crippen molar-refractivity contribution < 1.29 is 9.13 Å². The third-order valence-electron chi connectivity index (χ3n) is 4.49. The van der Waals surface area contributed by atoms with Crippen molar-refractivity contribution in [1.29, 1.82) is 5.26 Å². The highest BCUT2D eigenvalue weighted by Crippen LogP contribution is 2.44. The number of hydrogen-bond acceptors (Lipinski definition) is 4. The van der Waals surface area contributed by atoms with E-state index in [1.807, 2.05) is 19.1 Å². The molecule has 5 nitrogen and oxygen atoms in total. The first-order valence-corrected chi connectivity index (χ1v) is 8.56. The number of nitrogens with two attached hydrogens (primary N) is 1. The van der Waals surface area contributed by atoms with E-state index in [2.05, 4.69) is 11.2 Å². The van der Waals surface area contributed by atoms with Gasteiger partial charge in [-0.3, -0.25) is 0 Å². The maximum Gasteiger partial charge on any atom is 0.229 e. The van der Waals surface area contributed by atoms with Gasteiger partial charge < -0.3 is 10.5 Å². The van der Waals surface area contributed by atoms with E-state index in [4.69, 9.17) is 22.1 Å². The molecule has 2 aromatic carbocycles. The molecule has 1 aliphatic rings. The van der Waals surface area contributed by atoms with Gasteiger partial charge in [-0.15, -0.1) is 0 Å². The molecule has 2 N–H and O–H groups in total. The van der Waals surface area contributed by atoms with E-state index in [1.165, 1.54) is 12.1 Å². The third kappa shape index (κ3) is 2.82. The Morgan fingerprint density at radius 2 is 2.00 bits per heavy atom. The fraction of sp³-hybridized carbons (Fsp3) is 0.100. The first-order valence-electron chi connectivity index (χ1n) is 8.18. The quantitative estimate of drug-likeness (QED) is 0.723. The van der Waals surface area contributed by atoms with E-state index in [9.17, 15) is 9.65 Å². The van der Waals surface area contributed by atoms with E-state index in [0.29, 0.717) is 27.9 Å². The maximum absolute atomic E-state index is 13.3. The molecule has 1 unspecified atom stereocenters. The van der Waals surface area contributed by atoms with Crippen molar-refractivity contribution in [3.05, 3.63) is 87.6 Å². The molecule has 2 heterocycles. The molecule has 0 fully saturated rings. The summed E-state index contributed by atoms with van der Waals surface area (Å²) in [6.45, 7) is 1.83. The van der Waals surface area contributed by atoms with Gasteiger partial charge in [0.05, 0.1) is 22.9 Å². The average molecular weight is 381 g/mol. The number of hydrogen-bond donors (Lipinski definition) is 1. The first-order chi connectivity index (χ1) is 13.0. The van der Waals surface area contributed by atoms with Gasteiger partial charge in [-0.25, -0.2) is 9.07 Å². The lowest BCUT2D eigenvalue weighted by Crippen LogP contribution is -2.22. The molecule has 0 amide bonds. The van der Waals surface area contributed by atoms with Crippen molar-refractivity contribution in [2.24, 2.45) is 5.73 Å². The topological polar surface area (TPSA) is 76.9 Å². The molecule has 0 radical (unpaired) electrons. The molecule has 0 spiro atoms. The number of nitrogens with zero attached hydrogens (tertiary/aromatic N) is 3. The number of rotatable bonds is 2. The van der Waals surface area contributed by atoms with E-state index in [0.717, 1.165) is 11.1 Å². The standard InChI is InChI=1S/C20H14ClFN4O/c1-11-17-18(12-3-2-4-13(21)9-12)16(10-23)19(24)27-20(17)26(25-11)15-7-5-14(22)6-8-15/h2-9,18H,24H2,1H3. The Morgan fingerprint density at radius 1 is 1.26 bits per heavy atom. The molecule has 0 bridgehead atoms. The van der Waals surface area contributed by atoms with Gasteiger partial charge in [-0.05, 0) is 48.9 Å². The Balaban J connectivity index is 1.95. The van der Waals surface area contributed by atoms with Crippen molar-refractivity contribution in [2.75, 3.05) is 0 Å². The smallest absolute Gasteiger partial charge is 0.229 e. The number of ether oxygens (including phenoxy) is 1. The minimum atomic E-state index is -0.452. The Bertz CT molecular complexity index is 1110. The number of fused-ring (bicyclic) bond motifs is 1. The molecule has 134 valence electrons. The molecule has 7 heteroatoms. The number of nitriles is 1. The van der Waals surface area contributed by atoms with Gasteiger partial charge in [-0.2, -0.15) is 10.4 Å². The summed E-state index contributed by atoms with van der Waals surface area (Å²) < 4.78 is 20.6. The van der Waals surface area contributed by atoms with Crippen molar-refractivity contribution >= 4 is 11.6 Å². The van der Waals surface area contributed by atoms with Gasteiger partial charge in [0.1, 0.15) is 17.5 Å². The molecule has 1 aliphatic heterocycles. The van der Waals surface area contributed by atoms with E-state index in [-0.39, 0.29) is 11.7 Å². The van der Waals surface area contributed by atoms with Crippen LogP contribution in [0.4, 0.5) is 4.39 Å². The predicted octanol–water partition coefficient (Wildman–Crippen LogP) is 4.19. The fourth-order valence-electron chi connectivity index (χ4n) is 3.29. The van der Waals surface area contributed by atoms with Crippen LogP contribution in [0.3, 0.4) is 0 Å². The van der Waals surface area contributed by atoms with Crippen LogP contribution in [0.2, 0.25) is 5.02 Å². The van der Waals surface area contributed by atoms with Gasteiger partial charge in [0.25, 0.3) is 0 Å². The normalized spacial score (nSPS) is 15.9. The summed E-state index contributed by atoms with van der Waals surface area (Å²) in [6.07, 6.45) is 0. The molecule has 3 aromatic rings.